The van der Waals surface area contributed by atoms with Crippen molar-refractivity contribution in [3.8, 4) is 0 Å². The number of thiocarbonyl (C=S) groups is 1. The van der Waals surface area contributed by atoms with Crippen molar-refractivity contribution in [2.24, 2.45) is 5.73 Å². The number of benzene rings is 1. The molecule has 0 spiro atoms. The predicted molar refractivity (Wildman–Crippen MR) is 88.6 cm³/mol. The molecule has 1 aromatic rings. The quantitative estimate of drug-likeness (QED) is 0.797. The zero-order valence-electron chi connectivity index (χ0n) is 10.3. The van der Waals surface area contributed by atoms with E-state index in [0.717, 1.165) is 22.3 Å². The minimum absolute atomic E-state index is 0.399. The molecule has 0 aliphatic heterocycles. The summed E-state index contributed by atoms with van der Waals surface area (Å²) in [5, 5.41) is 3.51. The third kappa shape index (κ3) is 2.83. The van der Waals surface area contributed by atoms with Gasteiger partial charge in [-0.05, 0) is 47.2 Å². The van der Waals surface area contributed by atoms with Gasteiger partial charge in [0, 0.05) is 27.0 Å². The lowest BCUT2D eigenvalue weighted by Gasteiger charge is -2.40. The van der Waals surface area contributed by atoms with Crippen molar-refractivity contribution >= 4 is 50.6 Å². The summed E-state index contributed by atoms with van der Waals surface area (Å²) in [6.07, 6.45) is 6.11. The molecule has 0 radical (unpaired) electrons. The normalized spacial score (nSPS) is 17.0. The lowest BCUT2D eigenvalue weighted by molar-refractivity contribution is 0.380. The zero-order valence-corrected chi connectivity index (χ0v) is 13.6. The lowest BCUT2D eigenvalue weighted by Crippen LogP contribution is -2.40. The van der Waals surface area contributed by atoms with Gasteiger partial charge in [0.2, 0.25) is 0 Å². The Bertz CT molecular complexity index is 453. The molecule has 0 aromatic heterocycles. The van der Waals surface area contributed by atoms with E-state index in [4.69, 9.17) is 18.0 Å². The first kappa shape index (κ1) is 14.2. The standard InChI is InChI=1S/C13H17BrN2S2/c1-18-13(6-3-7-13)8-16-10-5-2-4-9(14)11(10)12(15)17/h2,4-5,16H,3,6-8H2,1H3,(H2,15,17). The number of hydrogen-bond acceptors (Lipinski definition) is 3. The van der Waals surface area contributed by atoms with Crippen molar-refractivity contribution in [1.29, 1.82) is 0 Å². The van der Waals surface area contributed by atoms with Crippen molar-refractivity contribution in [2.75, 3.05) is 18.1 Å². The van der Waals surface area contributed by atoms with E-state index >= 15 is 0 Å². The first-order valence-electron chi connectivity index (χ1n) is 5.95. The topological polar surface area (TPSA) is 38.0 Å². The van der Waals surface area contributed by atoms with E-state index in [9.17, 15) is 0 Å². The molecular formula is C13H17BrN2S2. The van der Waals surface area contributed by atoms with Crippen molar-refractivity contribution < 1.29 is 0 Å². The van der Waals surface area contributed by atoms with Crippen molar-refractivity contribution in [3.63, 3.8) is 0 Å². The van der Waals surface area contributed by atoms with Gasteiger partial charge >= 0.3 is 0 Å². The first-order valence-corrected chi connectivity index (χ1v) is 8.38. The van der Waals surface area contributed by atoms with E-state index < -0.39 is 0 Å². The molecule has 2 rings (SSSR count). The molecule has 98 valence electrons. The molecule has 1 saturated carbocycles. The highest BCUT2D eigenvalue weighted by Crippen LogP contribution is 2.43. The molecule has 1 aliphatic carbocycles. The van der Waals surface area contributed by atoms with Crippen LogP contribution in [0.15, 0.2) is 22.7 Å². The van der Waals surface area contributed by atoms with Gasteiger partial charge in [-0.1, -0.05) is 24.7 Å². The minimum Gasteiger partial charge on any atom is -0.389 e. The summed E-state index contributed by atoms with van der Waals surface area (Å²) in [4.78, 5) is 0.428. The number of rotatable bonds is 5. The Labute approximate surface area is 126 Å². The SMILES string of the molecule is CSC1(CNc2cccc(Br)c2C(N)=S)CCC1. The average molecular weight is 345 g/mol. The lowest BCUT2D eigenvalue weighted by atomic mass is 9.84. The van der Waals surface area contributed by atoms with Gasteiger partial charge in [-0.2, -0.15) is 11.8 Å². The van der Waals surface area contributed by atoms with Gasteiger partial charge in [-0.15, -0.1) is 0 Å². The molecule has 0 bridgehead atoms. The molecule has 0 amide bonds. The Kier molecular flexibility index (Phi) is 4.56. The summed E-state index contributed by atoms with van der Waals surface area (Å²) >= 11 is 10.6. The fraction of sp³-hybridized carbons (Fsp3) is 0.462. The highest BCUT2D eigenvalue weighted by molar-refractivity contribution is 9.10. The smallest absolute Gasteiger partial charge is 0.107 e. The van der Waals surface area contributed by atoms with Gasteiger partial charge in [0.05, 0.1) is 0 Å². The Morgan fingerprint density at radius 1 is 1.56 bits per heavy atom. The van der Waals surface area contributed by atoms with E-state index in [0.29, 0.717) is 9.74 Å². The fourth-order valence-electron chi connectivity index (χ4n) is 2.20. The van der Waals surface area contributed by atoms with E-state index in [1.54, 1.807) is 0 Å². The van der Waals surface area contributed by atoms with Crippen LogP contribution in [0.1, 0.15) is 24.8 Å². The van der Waals surface area contributed by atoms with Crippen LogP contribution in [0.3, 0.4) is 0 Å². The molecule has 0 unspecified atom stereocenters. The van der Waals surface area contributed by atoms with Crippen LogP contribution < -0.4 is 11.1 Å². The van der Waals surface area contributed by atoms with E-state index in [1.807, 2.05) is 30.0 Å². The molecular weight excluding hydrogens is 328 g/mol. The number of nitrogens with two attached hydrogens (primary N) is 1. The maximum absolute atomic E-state index is 5.79. The van der Waals surface area contributed by atoms with Crippen molar-refractivity contribution in [3.05, 3.63) is 28.2 Å². The molecule has 1 fully saturated rings. The molecule has 0 saturated heterocycles. The van der Waals surface area contributed by atoms with Crippen LogP contribution in [0.4, 0.5) is 5.69 Å². The van der Waals surface area contributed by atoms with Crippen LogP contribution in [0.2, 0.25) is 0 Å². The van der Waals surface area contributed by atoms with Crippen LogP contribution in [-0.4, -0.2) is 22.5 Å². The van der Waals surface area contributed by atoms with Gasteiger partial charge in [-0.3, -0.25) is 0 Å². The third-order valence-electron chi connectivity index (χ3n) is 3.56. The van der Waals surface area contributed by atoms with Gasteiger partial charge < -0.3 is 11.1 Å². The maximum Gasteiger partial charge on any atom is 0.107 e. The molecule has 3 N–H and O–H groups in total. The van der Waals surface area contributed by atoms with Gasteiger partial charge in [0.15, 0.2) is 0 Å². The Morgan fingerprint density at radius 2 is 2.28 bits per heavy atom. The summed E-state index contributed by atoms with van der Waals surface area (Å²) < 4.78 is 1.35. The maximum atomic E-state index is 5.79. The minimum atomic E-state index is 0.399. The summed E-state index contributed by atoms with van der Waals surface area (Å²) in [7, 11) is 0. The summed E-state index contributed by atoms with van der Waals surface area (Å²) in [5.41, 5.74) is 7.72. The van der Waals surface area contributed by atoms with Crippen LogP contribution in [-0.2, 0) is 0 Å². The summed E-state index contributed by atoms with van der Waals surface area (Å²) in [6.45, 7) is 0.972. The second-order valence-electron chi connectivity index (χ2n) is 4.62. The van der Waals surface area contributed by atoms with Crippen LogP contribution in [0.25, 0.3) is 0 Å². The second kappa shape index (κ2) is 5.80. The first-order chi connectivity index (χ1) is 8.58. The molecule has 2 nitrogen and oxygen atoms in total. The van der Waals surface area contributed by atoms with Gasteiger partial charge in [0.1, 0.15) is 4.99 Å². The Morgan fingerprint density at radius 3 is 2.78 bits per heavy atom. The highest BCUT2D eigenvalue weighted by Gasteiger charge is 2.35. The molecule has 1 aromatic carbocycles. The molecule has 18 heavy (non-hydrogen) atoms. The molecule has 0 atom stereocenters. The number of anilines is 1. The van der Waals surface area contributed by atoms with Gasteiger partial charge in [0.25, 0.3) is 0 Å². The van der Waals surface area contributed by atoms with E-state index in [-0.39, 0.29) is 0 Å². The van der Waals surface area contributed by atoms with E-state index in [1.165, 1.54) is 19.3 Å². The predicted octanol–water partition coefficient (Wildman–Crippen LogP) is 3.78. The average Bonchev–Trinajstić information content (AvgIpc) is 2.27. The van der Waals surface area contributed by atoms with Crippen molar-refractivity contribution in [1.82, 2.24) is 0 Å². The number of nitrogens with one attached hydrogen (secondary N) is 1. The number of hydrogen-bond donors (Lipinski definition) is 2. The Hall–Kier alpha value is -0.260. The number of thioether (sulfide) groups is 1. The summed E-state index contributed by atoms with van der Waals surface area (Å²) in [5.74, 6) is 0. The van der Waals surface area contributed by atoms with Crippen LogP contribution in [0, 0.1) is 0 Å². The van der Waals surface area contributed by atoms with Gasteiger partial charge in [-0.25, -0.2) is 0 Å². The molecule has 5 heteroatoms. The van der Waals surface area contributed by atoms with Crippen LogP contribution >= 0.6 is 39.9 Å². The molecule has 0 heterocycles. The largest absolute Gasteiger partial charge is 0.389 e. The summed E-state index contributed by atoms with van der Waals surface area (Å²) in [6, 6.07) is 6.00. The number of halogens is 1. The fourth-order valence-corrected chi connectivity index (χ4v) is 4.05. The molecule has 1 aliphatic rings. The second-order valence-corrected chi connectivity index (χ2v) is 7.19. The van der Waals surface area contributed by atoms with Crippen LogP contribution in [0.5, 0.6) is 0 Å². The monoisotopic (exact) mass is 344 g/mol. The third-order valence-corrected chi connectivity index (χ3v) is 5.84. The van der Waals surface area contributed by atoms with Crippen molar-refractivity contribution in [2.45, 2.75) is 24.0 Å². The zero-order chi connectivity index (χ0) is 13.2. The Balaban J connectivity index is 2.14. The van der Waals surface area contributed by atoms with E-state index in [2.05, 4.69) is 27.5 Å². The highest BCUT2D eigenvalue weighted by atomic mass is 79.9.